The lowest BCUT2D eigenvalue weighted by molar-refractivity contribution is -0.394. The molecule has 0 aromatic heterocycles. The molecule has 4 aromatic rings. The Morgan fingerprint density at radius 1 is 0.508 bits per heavy atom. The van der Waals surface area contributed by atoms with Crippen LogP contribution in [0.1, 0.15) is 64.2 Å². The van der Waals surface area contributed by atoms with Crippen molar-refractivity contribution < 1.29 is 24.8 Å². The van der Waals surface area contributed by atoms with E-state index in [4.69, 9.17) is 33.9 Å². The van der Waals surface area contributed by atoms with Crippen LogP contribution in [0.3, 0.4) is 0 Å². The zero-order valence-corrected chi connectivity index (χ0v) is 35.9. The Morgan fingerprint density at radius 3 is 1.24 bits per heavy atom. The number of nitrogens with zero attached hydrogens (tertiary/aromatic N) is 7. The number of anilines is 7. The molecule has 0 saturated carbocycles. The average molecular weight is 894 g/mol. The zero-order chi connectivity index (χ0) is 45.9. The van der Waals surface area contributed by atoms with Crippen LogP contribution in [0.4, 0.5) is 62.6 Å². The minimum atomic E-state index is -0.769. The first-order valence-corrected chi connectivity index (χ1v) is 21.3. The molecule has 3 fully saturated rings. The topological polar surface area (TPSA) is 293 Å². The molecule has 3 heterocycles. The van der Waals surface area contributed by atoms with Gasteiger partial charge in [0.05, 0.1) is 53.8 Å². The first kappa shape index (κ1) is 49.0. The van der Waals surface area contributed by atoms with Crippen molar-refractivity contribution in [2.24, 2.45) is 0 Å². The maximum atomic E-state index is 11.0. The summed E-state index contributed by atoms with van der Waals surface area (Å²) in [6, 6.07) is 19.1. The fourth-order valence-electron chi connectivity index (χ4n) is 7.58. The van der Waals surface area contributed by atoms with Crippen molar-refractivity contribution in [3.05, 3.63) is 118 Å². The van der Waals surface area contributed by atoms with E-state index >= 15 is 0 Å². The van der Waals surface area contributed by atoms with E-state index in [2.05, 4.69) is 21.2 Å². The highest BCUT2D eigenvalue weighted by Gasteiger charge is 2.30. The molecule has 0 bridgehead atoms. The van der Waals surface area contributed by atoms with Gasteiger partial charge in [0.1, 0.15) is 0 Å². The number of halogens is 1. The second-order valence-corrected chi connectivity index (χ2v) is 15.3. The number of aliphatic hydroxyl groups is 1. The summed E-state index contributed by atoms with van der Waals surface area (Å²) in [5.74, 6) is 0. The number of rotatable bonds is 11. The molecule has 63 heavy (non-hydrogen) atoms. The molecule has 0 spiro atoms. The van der Waals surface area contributed by atoms with E-state index in [0.29, 0.717) is 13.1 Å². The fraction of sp³-hybridized carbons (Fsp3) is 0.429. The van der Waals surface area contributed by atoms with Crippen molar-refractivity contribution in [3.63, 3.8) is 0 Å². The van der Waals surface area contributed by atoms with Gasteiger partial charge in [0.15, 0.2) is 10.7 Å². The van der Waals surface area contributed by atoms with Gasteiger partial charge in [-0.05, 0) is 101 Å². The fourth-order valence-corrected chi connectivity index (χ4v) is 7.85. The van der Waals surface area contributed by atoms with Crippen molar-refractivity contribution >= 4 is 74.2 Å². The molecule has 0 atom stereocenters. The number of aliphatic hydroxyl groups excluding tert-OH is 1. The quantitative estimate of drug-likeness (QED) is 0.0408. The molecule has 3 saturated heterocycles. The summed E-state index contributed by atoms with van der Waals surface area (Å²) in [6.45, 7) is 6.59. The summed E-state index contributed by atoms with van der Waals surface area (Å²) >= 11 is 5.42. The van der Waals surface area contributed by atoms with Gasteiger partial charge in [-0.1, -0.05) is 23.7 Å². The van der Waals surface area contributed by atoms with E-state index in [1.165, 1.54) is 62.8 Å². The monoisotopic (exact) mass is 893 g/mol. The number of nitro benzene ring substituents is 4. The van der Waals surface area contributed by atoms with Gasteiger partial charge < -0.3 is 42.3 Å². The highest BCUT2D eigenvalue weighted by atomic mass is 35.5. The van der Waals surface area contributed by atoms with E-state index in [1.807, 2.05) is 30.3 Å². The minimum absolute atomic E-state index is 0.146. The molecule has 340 valence electrons. The van der Waals surface area contributed by atoms with E-state index in [0.717, 1.165) is 105 Å². The number of nitro groups is 4. The van der Waals surface area contributed by atoms with Crippen molar-refractivity contribution in [1.82, 2.24) is 0 Å². The predicted molar refractivity (Wildman–Crippen MR) is 249 cm³/mol. The molecule has 4 aromatic carbocycles. The molecular weight excluding hydrogens is 838 g/mol. The number of para-hydroxylation sites is 3. The van der Waals surface area contributed by atoms with Crippen LogP contribution < -0.4 is 37.2 Å². The number of hydrogen-bond acceptors (Lipinski definition) is 16. The van der Waals surface area contributed by atoms with Crippen LogP contribution in [0.5, 0.6) is 0 Å². The van der Waals surface area contributed by atoms with Gasteiger partial charge in [-0.2, -0.15) is 0 Å². The van der Waals surface area contributed by atoms with Crippen molar-refractivity contribution in [1.29, 1.82) is 0 Å². The lowest BCUT2D eigenvalue weighted by atomic mass is 10.1. The van der Waals surface area contributed by atoms with Crippen molar-refractivity contribution in [2.75, 3.05) is 89.6 Å². The van der Waals surface area contributed by atoms with E-state index < -0.39 is 36.1 Å². The van der Waals surface area contributed by atoms with E-state index in [1.54, 1.807) is 4.90 Å². The normalized spacial score (nSPS) is 14.7. The highest BCUT2D eigenvalue weighted by molar-refractivity contribution is 6.34. The SMILES string of the molecule is Nc1cccc(N)c1N1CCCCC1.Nc1cccc(NCCCO)c1N1CCCCC1.O=[N+]([O-])c1cccc([N+](=O)[O-])c1Cl.O=[N+]([O-])c1cccc([N+](=O)[O-])c1N1CCCCC1. The summed E-state index contributed by atoms with van der Waals surface area (Å²) < 4.78 is 0. The first-order chi connectivity index (χ1) is 30.3. The lowest BCUT2D eigenvalue weighted by Gasteiger charge is -2.31. The zero-order valence-electron chi connectivity index (χ0n) is 35.1. The molecule has 21 heteroatoms. The lowest BCUT2D eigenvalue weighted by Crippen LogP contribution is -2.30. The summed E-state index contributed by atoms with van der Waals surface area (Å²) in [5.41, 5.74) is 22.5. The molecule has 20 nitrogen and oxygen atoms in total. The van der Waals surface area contributed by atoms with Crippen molar-refractivity contribution in [2.45, 2.75) is 64.2 Å². The Hall–Kier alpha value is -6.67. The number of nitrogen functional groups attached to an aromatic ring is 3. The molecule has 3 aliphatic heterocycles. The van der Waals surface area contributed by atoms with Gasteiger partial charge in [-0.25, -0.2) is 0 Å². The van der Waals surface area contributed by atoms with Crippen LogP contribution in [0.2, 0.25) is 5.02 Å². The summed E-state index contributed by atoms with van der Waals surface area (Å²) in [6.07, 6.45) is 11.2. The van der Waals surface area contributed by atoms with Gasteiger partial charge in [0, 0.05) is 76.7 Å². The molecule has 0 aliphatic carbocycles. The van der Waals surface area contributed by atoms with Crippen molar-refractivity contribution in [3.8, 4) is 0 Å². The Kier molecular flexibility index (Phi) is 19.2. The molecule has 3 aliphatic rings. The Labute approximate surface area is 370 Å². The van der Waals surface area contributed by atoms with Crippen LogP contribution in [-0.2, 0) is 0 Å². The standard InChI is InChI=1S/C14H23N3O.C11H13N3O4.C11H17N3.C6H3ClN2O4/c15-12-6-4-7-13(16-8-5-11-18)14(12)17-9-2-1-3-10-17;15-13(16)9-5-4-6-10(14(17)18)11(9)12-7-2-1-3-8-12;12-9-5-4-6-10(13)11(9)14-7-2-1-3-8-14;7-6-4(8(10)11)2-1-3-5(6)9(12)13/h4,6-7,16,18H,1-3,5,8-11,15H2;4-6H,1-3,7-8H2;4-6H,1-3,7-8,12-13H2;1-3H. The van der Waals surface area contributed by atoms with Gasteiger partial charge in [-0.15, -0.1) is 0 Å². The largest absolute Gasteiger partial charge is 0.397 e. The third kappa shape index (κ3) is 13.9. The average Bonchev–Trinajstić information content (AvgIpc) is 3.28. The van der Waals surface area contributed by atoms with Crippen LogP contribution >= 0.6 is 11.6 Å². The second kappa shape index (κ2) is 24.7. The first-order valence-electron chi connectivity index (χ1n) is 20.9. The maximum Gasteiger partial charge on any atom is 0.299 e. The van der Waals surface area contributed by atoms with E-state index in [-0.39, 0.29) is 23.7 Å². The van der Waals surface area contributed by atoms with Crippen LogP contribution in [-0.4, -0.2) is 77.2 Å². The number of hydrogen-bond donors (Lipinski definition) is 5. The summed E-state index contributed by atoms with van der Waals surface area (Å²) in [5, 5.41) is 54.3. The van der Waals surface area contributed by atoms with E-state index in [9.17, 15) is 40.5 Å². The Bertz CT molecular complexity index is 2080. The number of nitrogens with two attached hydrogens (primary N) is 3. The van der Waals surface area contributed by atoms with Crippen LogP contribution in [0.15, 0.2) is 72.8 Å². The van der Waals surface area contributed by atoms with Gasteiger partial charge in [0.25, 0.3) is 22.7 Å². The summed E-state index contributed by atoms with van der Waals surface area (Å²) in [4.78, 5) is 46.4. The molecular formula is C42H56ClN11O9. The molecule has 7 rings (SSSR count). The Balaban J connectivity index is 0.000000186. The molecule has 0 radical (unpaired) electrons. The van der Waals surface area contributed by atoms with Gasteiger partial charge in [-0.3, -0.25) is 40.5 Å². The number of nitrogens with one attached hydrogen (secondary N) is 1. The van der Waals surface area contributed by atoms with Gasteiger partial charge >= 0.3 is 0 Å². The van der Waals surface area contributed by atoms with Crippen LogP contribution in [0, 0.1) is 40.5 Å². The molecule has 0 amide bonds. The summed E-state index contributed by atoms with van der Waals surface area (Å²) in [7, 11) is 0. The number of benzene rings is 4. The molecule has 8 N–H and O–H groups in total. The van der Waals surface area contributed by atoms with Crippen LogP contribution in [0.25, 0.3) is 0 Å². The highest BCUT2D eigenvalue weighted by Crippen LogP contribution is 2.39. The third-order valence-corrected chi connectivity index (χ3v) is 11.0. The predicted octanol–water partition coefficient (Wildman–Crippen LogP) is 8.54. The minimum Gasteiger partial charge on any atom is -0.397 e. The smallest absolute Gasteiger partial charge is 0.299 e. The third-order valence-electron chi connectivity index (χ3n) is 10.6. The second-order valence-electron chi connectivity index (χ2n) is 15.0. The number of piperidine rings is 3. The maximum absolute atomic E-state index is 11.0. The Morgan fingerprint density at radius 2 is 0.841 bits per heavy atom. The molecule has 0 unspecified atom stereocenters. The van der Waals surface area contributed by atoms with Gasteiger partial charge in [0.2, 0.25) is 0 Å².